The highest BCUT2D eigenvalue weighted by molar-refractivity contribution is 5.92. The van der Waals surface area contributed by atoms with Crippen molar-refractivity contribution < 1.29 is 9.90 Å². The molecule has 5 aromatic rings. The van der Waals surface area contributed by atoms with Crippen molar-refractivity contribution in [1.29, 1.82) is 0 Å². The molecule has 0 unspecified atom stereocenters. The van der Waals surface area contributed by atoms with Gasteiger partial charge >= 0.3 is 5.97 Å². The molecule has 0 bridgehead atoms. The summed E-state index contributed by atoms with van der Waals surface area (Å²) in [5, 5.41) is 22.6. The number of aromatic nitrogens is 5. The fourth-order valence-electron chi connectivity index (χ4n) is 3.81. The van der Waals surface area contributed by atoms with Gasteiger partial charge < -0.3 is 10.4 Å². The third-order valence-electron chi connectivity index (χ3n) is 5.30. The Balaban J connectivity index is 1.42. The van der Waals surface area contributed by atoms with Gasteiger partial charge in [-0.15, -0.1) is 5.10 Å². The summed E-state index contributed by atoms with van der Waals surface area (Å²) < 4.78 is 3.53. The van der Waals surface area contributed by atoms with Crippen molar-refractivity contribution in [3.05, 3.63) is 83.8 Å². The molecule has 31 heavy (non-hydrogen) atoms. The molecule has 0 aliphatic carbocycles. The minimum absolute atomic E-state index is 0.251. The number of carboxylic acid groups (broad SMARTS) is 1. The van der Waals surface area contributed by atoms with Crippen molar-refractivity contribution >= 4 is 34.0 Å². The Kier molecular flexibility index (Phi) is 4.59. The minimum Gasteiger partial charge on any atom is -0.478 e. The highest BCUT2D eigenvalue weighted by atomic mass is 16.4. The Bertz CT molecular complexity index is 1400. The number of nitrogens with zero attached hydrogens (tertiary/aromatic N) is 5. The Morgan fingerprint density at radius 3 is 2.71 bits per heavy atom. The lowest BCUT2D eigenvalue weighted by Gasteiger charge is -2.07. The molecule has 8 heteroatoms. The number of hydrogen-bond acceptors (Lipinski definition) is 5. The monoisotopic (exact) mass is 412 g/mol. The van der Waals surface area contributed by atoms with Crippen molar-refractivity contribution in [2.75, 3.05) is 5.32 Å². The second-order valence-electron chi connectivity index (χ2n) is 7.28. The number of carboxylic acids is 1. The predicted molar refractivity (Wildman–Crippen MR) is 118 cm³/mol. The number of fused-ring (bicyclic) bond motifs is 2. The lowest BCUT2D eigenvalue weighted by atomic mass is 10.1. The van der Waals surface area contributed by atoms with Crippen LogP contribution in [0, 0.1) is 0 Å². The average Bonchev–Trinajstić information content (AvgIpc) is 3.35. The molecule has 3 heterocycles. The van der Waals surface area contributed by atoms with E-state index in [0.717, 1.165) is 22.2 Å². The van der Waals surface area contributed by atoms with Crippen LogP contribution in [-0.2, 0) is 13.0 Å². The van der Waals surface area contributed by atoms with Crippen LogP contribution in [0.15, 0.2) is 67.1 Å². The van der Waals surface area contributed by atoms with Crippen LogP contribution in [0.4, 0.5) is 11.6 Å². The Morgan fingerprint density at radius 1 is 1.10 bits per heavy atom. The molecule has 2 N–H and O–H groups in total. The zero-order chi connectivity index (χ0) is 21.4. The maximum absolute atomic E-state index is 11.5. The number of rotatable bonds is 6. The molecule has 0 radical (unpaired) electrons. The summed E-state index contributed by atoms with van der Waals surface area (Å²) in [6.07, 6.45) is 5.61. The van der Waals surface area contributed by atoms with E-state index in [4.69, 9.17) is 0 Å². The quantitative estimate of drug-likeness (QED) is 0.435. The van der Waals surface area contributed by atoms with Gasteiger partial charge in [0.1, 0.15) is 0 Å². The van der Waals surface area contributed by atoms with Gasteiger partial charge in [0.05, 0.1) is 35.5 Å². The molecule has 2 aromatic carbocycles. The molecule has 5 rings (SSSR count). The fourth-order valence-corrected chi connectivity index (χ4v) is 3.81. The molecule has 8 nitrogen and oxygen atoms in total. The smallest absolute Gasteiger partial charge is 0.337 e. The van der Waals surface area contributed by atoms with Gasteiger partial charge in [-0.05, 0) is 35.7 Å². The summed E-state index contributed by atoms with van der Waals surface area (Å²) in [6, 6.07) is 16.2. The number of aromatic carboxylic acids is 1. The zero-order valence-electron chi connectivity index (χ0n) is 16.9. The first kappa shape index (κ1) is 18.8. The van der Waals surface area contributed by atoms with Gasteiger partial charge in [0.2, 0.25) is 5.95 Å². The standard InChI is InChI=1S/C23H20N6O2/c1-2-18-19(22(30)31)14-29-21(18)12-24-23(27-29)26-17-8-9-20-16(10-17)11-25-28(20)13-15-6-4-3-5-7-15/h3-12,14H,2,13H2,1H3,(H,26,27)(H,30,31). The van der Waals surface area contributed by atoms with Gasteiger partial charge in [-0.25, -0.2) is 14.3 Å². The Morgan fingerprint density at radius 2 is 1.94 bits per heavy atom. The van der Waals surface area contributed by atoms with Crippen LogP contribution < -0.4 is 5.32 Å². The molecule has 0 spiro atoms. The lowest BCUT2D eigenvalue weighted by molar-refractivity contribution is 0.0696. The Labute approximate surface area is 177 Å². The van der Waals surface area contributed by atoms with Crippen molar-refractivity contribution in [2.45, 2.75) is 19.9 Å². The molecule has 0 saturated carbocycles. The van der Waals surface area contributed by atoms with Crippen LogP contribution in [0.1, 0.15) is 28.4 Å². The number of carbonyl (C=O) groups is 1. The number of benzene rings is 2. The highest BCUT2D eigenvalue weighted by Crippen LogP contribution is 2.23. The van der Waals surface area contributed by atoms with Crippen molar-refractivity contribution in [3.8, 4) is 0 Å². The third kappa shape index (κ3) is 3.48. The first-order valence-electron chi connectivity index (χ1n) is 9.99. The first-order valence-corrected chi connectivity index (χ1v) is 9.99. The van der Waals surface area contributed by atoms with Gasteiger partial charge in [-0.3, -0.25) is 4.68 Å². The summed E-state index contributed by atoms with van der Waals surface area (Å²) in [5.41, 5.74) is 4.73. The Hall–Kier alpha value is -4.20. The minimum atomic E-state index is -0.963. The summed E-state index contributed by atoms with van der Waals surface area (Å²) in [5.74, 6) is -0.576. The van der Waals surface area contributed by atoms with E-state index in [9.17, 15) is 9.90 Å². The van der Waals surface area contributed by atoms with Crippen LogP contribution in [0.3, 0.4) is 0 Å². The van der Waals surface area contributed by atoms with Crippen LogP contribution in [-0.4, -0.2) is 35.5 Å². The van der Waals surface area contributed by atoms with Gasteiger partial charge in [0, 0.05) is 17.3 Å². The second-order valence-corrected chi connectivity index (χ2v) is 7.28. The molecule has 0 amide bonds. The predicted octanol–water partition coefficient (Wildman–Crippen LogP) is 4.13. The van der Waals surface area contributed by atoms with Crippen molar-refractivity contribution in [1.82, 2.24) is 24.4 Å². The molecule has 3 aromatic heterocycles. The summed E-state index contributed by atoms with van der Waals surface area (Å²) in [7, 11) is 0. The molecule has 0 aliphatic rings. The molecular formula is C23H20N6O2. The van der Waals surface area contributed by atoms with E-state index in [-0.39, 0.29) is 5.56 Å². The topological polar surface area (TPSA) is 97.3 Å². The fraction of sp³-hybridized carbons (Fsp3) is 0.130. The van der Waals surface area contributed by atoms with E-state index >= 15 is 0 Å². The highest BCUT2D eigenvalue weighted by Gasteiger charge is 2.16. The summed E-state index contributed by atoms with van der Waals surface area (Å²) in [6.45, 7) is 2.62. The largest absolute Gasteiger partial charge is 0.478 e. The SMILES string of the molecule is CCc1c(C(=O)O)cn2nc(Nc3ccc4c(cnn4Cc4ccccc4)c3)ncc12. The normalized spacial score (nSPS) is 11.3. The number of hydrogen-bond donors (Lipinski definition) is 2. The maximum atomic E-state index is 11.5. The van der Waals surface area contributed by atoms with Crippen LogP contribution >= 0.6 is 0 Å². The molecule has 154 valence electrons. The van der Waals surface area contributed by atoms with Gasteiger partial charge in [0.15, 0.2) is 0 Å². The molecule has 0 atom stereocenters. The first-order chi connectivity index (χ1) is 15.1. The van der Waals surface area contributed by atoms with Crippen molar-refractivity contribution in [3.63, 3.8) is 0 Å². The van der Waals surface area contributed by atoms with Gasteiger partial charge in [0.25, 0.3) is 0 Å². The van der Waals surface area contributed by atoms with E-state index in [1.165, 1.54) is 11.8 Å². The number of aryl methyl sites for hydroxylation is 1. The average molecular weight is 412 g/mol. The third-order valence-corrected chi connectivity index (χ3v) is 5.30. The lowest BCUT2D eigenvalue weighted by Crippen LogP contribution is -2.02. The molecule has 0 aliphatic heterocycles. The molecule has 0 saturated heterocycles. The van der Waals surface area contributed by atoms with Crippen LogP contribution in [0.2, 0.25) is 0 Å². The number of nitrogens with one attached hydrogen (secondary N) is 1. The van der Waals surface area contributed by atoms with E-state index < -0.39 is 5.97 Å². The van der Waals surface area contributed by atoms with Gasteiger partial charge in [-0.2, -0.15) is 5.10 Å². The van der Waals surface area contributed by atoms with Crippen LogP contribution in [0.25, 0.3) is 16.4 Å². The van der Waals surface area contributed by atoms with Crippen molar-refractivity contribution in [2.24, 2.45) is 0 Å². The van der Waals surface area contributed by atoms with Crippen LogP contribution in [0.5, 0.6) is 0 Å². The van der Waals surface area contributed by atoms with E-state index in [0.29, 0.717) is 24.4 Å². The van der Waals surface area contributed by atoms with E-state index in [2.05, 4.69) is 32.6 Å². The number of anilines is 2. The van der Waals surface area contributed by atoms with E-state index in [1.54, 1.807) is 10.7 Å². The molecular weight excluding hydrogens is 392 g/mol. The zero-order valence-corrected chi connectivity index (χ0v) is 16.9. The second kappa shape index (κ2) is 7.56. The van der Waals surface area contributed by atoms with E-state index in [1.807, 2.05) is 54.2 Å². The summed E-state index contributed by atoms with van der Waals surface area (Å²) >= 11 is 0. The maximum Gasteiger partial charge on any atom is 0.337 e. The summed E-state index contributed by atoms with van der Waals surface area (Å²) in [4.78, 5) is 15.9. The van der Waals surface area contributed by atoms with Gasteiger partial charge in [-0.1, -0.05) is 37.3 Å². The molecule has 0 fully saturated rings.